The number of carbonyl (C=O) groups excluding carboxylic acids is 1. The quantitative estimate of drug-likeness (QED) is 0.519. The van der Waals surface area contributed by atoms with Gasteiger partial charge in [0.05, 0.1) is 0 Å². The van der Waals surface area contributed by atoms with Gasteiger partial charge in [-0.3, -0.25) is 4.79 Å². The van der Waals surface area contributed by atoms with Crippen molar-refractivity contribution < 1.29 is 13.9 Å². The minimum absolute atomic E-state index is 0.0167. The molecule has 0 atom stereocenters. The Morgan fingerprint density at radius 2 is 1.96 bits per heavy atom. The largest absolute Gasteiger partial charge is 0.456 e. The maximum atomic E-state index is 12.2. The van der Waals surface area contributed by atoms with Gasteiger partial charge in [-0.15, -0.1) is 0 Å². The van der Waals surface area contributed by atoms with Gasteiger partial charge in [0.15, 0.2) is 5.69 Å². The fourth-order valence-corrected chi connectivity index (χ4v) is 2.96. The van der Waals surface area contributed by atoms with Gasteiger partial charge in [0.25, 0.3) is 5.56 Å². The van der Waals surface area contributed by atoms with Crippen molar-refractivity contribution in [2.24, 2.45) is 7.05 Å². The predicted molar refractivity (Wildman–Crippen MR) is 99.9 cm³/mol. The molecule has 7 heteroatoms. The Labute approximate surface area is 155 Å². The highest BCUT2D eigenvalue weighted by molar-refractivity contribution is 5.87. The molecule has 2 heterocycles. The third kappa shape index (κ3) is 3.81. The highest BCUT2D eigenvalue weighted by Gasteiger charge is 2.15. The molecule has 0 radical (unpaired) electrons. The zero-order valence-electron chi connectivity index (χ0n) is 15.6. The van der Waals surface area contributed by atoms with Crippen molar-refractivity contribution in [3.05, 3.63) is 73.5 Å². The van der Waals surface area contributed by atoms with Crippen LogP contribution >= 0.6 is 0 Å². The number of aromatic nitrogens is 2. The lowest BCUT2D eigenvalue weighted by atomic mass is 9.95. The summed E-state index contributed by atoms with van der Waals surface area (Å²) in [6.45, 7) is 6.02. The Hall–Kier alpha value is -3.22. The summed E-state index contributed by atoms with van der Waals surface area (Å²) in [6, 6.07) is 7.66. The second-order valence-corrected chi connectivity index (χ2v) is 6.71. The molecule has 3 rings (SSSR count). The molecule has 0 spiro atoms. The van der Waals surface area contributed by atoms with Crippen molar-refractivity contribution in [2.45, 2.75) is 33.3 Å². The summed E-state index contributed by atoms with van der Waals surface area (Å²) in [5.74, 6) is -0.380. The van der Waals surface area contributed by atoms with Crippen LogP contribution in [0, 0.1) is 6.92 Å². The van der Waals surface area contributed by atoms with Crippen LogP contribution in [0.3, 0.4) is 0 Å². The molecule has 140 valence electrons. The number of rotatable bonds is 4. The molecule has 27 heavy (non-hydrogen) atoms. The van der Waals surface area contributed by atoms with Crippen LogP contribution in [-0.4, -0.2) is 15.7 Å². The normalized spacial score (nSPS) is 11.1. The van der Waals surface area contributed by atoms with E-state index in [4.69, 9.17) is 9.15 Å². The molecule has 0 N–H and O–H groups in total. The lowest BCUT2D eigenvalue weighted by molar-refractivity contribution is 0.0464. The molecule has 0 fully saturated rings. The van der Waals surface area contributed by atoms with E-state index in [2.05, 4.69) is 18.9 Å². The third-order valence-corrected chi connectivity index (χ3v) is 4.37. The standard InChI is InChI=1S/C20H20N2O5/c1-11(2)14-9-15-13(8-19(24)27-17(15)7-12(14)3)10-26-20(25)16-5-6-18(23)22(4)21-16/h5-9,11H,10H2,1-4H3. The van der Waals surface area contributed by atoms with Crippen molar-refractivity contribution in [3.8, 4) is 0 Å². The molecule has 0 aliphatic carbocycles. The lowest BCUT2D eigenvalue weighted by Crippen LogP contribution is -2.21. The van der Waals surface area contributed by atoms with E-state index in [0.717, 1.165) is 21.2 Å². The van der Waals surface area contributed by atoms with Gasteiger partial charge in [-0.1, -0.05) is 13.8 Å². The number of benzene rings is 1. The van der Waals surface area contributed by atoms with Gasteiger partial charge in [-0.25, -0.2) is 14.3 Å². The van der Waals surface area contributed by atoms with E-state index >= 15 is 0 Å². The lowest BCUT2D eigenvalue weighted by Gasteiger charge is -2.13. The smallest absolute Gasteiger partial charge is 0.359 e. The molecular weight excluding hydrogens is 348 g/mol. The number of aryl methyl sites for hydroxylation is 2. The summed E-state index contributed by atoms with van der Waals surface area (Å²) in [7, 11) is 1.45. The van der Waals surface area contributed by atoms with Crippen LogP contribution in [-0.2, 0) is 18.4 Å². The first-order valence-corrected chi connectivity index (χ1v) is 8.55. The minimum Gasteiger partial charge on any atom is -0.456 e. The van der Waals surface area contributed by atoms with E-state index in [1.165, 1.54) is 25.2 Å². The van der Waals surface area contributed by atoms with E-state index in [-0.39, 0.29) is 17.9 Å². The summed E-state index contributed by atoms with van der Waals surface area (Å²) in [4.78, 5) is 35.5. The summed E-state index contributed by atoms with van der Waals surface area (Å²) in [5.41, 5.74) is 2.35. The van der Waals surface area contributed by atoms with Crippen LogP contribution in [0.15, 0.2) is 44.3 Å². The molecule has 0 unspecified atom stereocenters. The van der Waals surface area contributed by atoms with Crippen molar-refractivity contribution in [1.29, 1.82) is 0 Å². The molecule has 1 aromatic carbocycles. The first-order valence-electron chi connectivity index (χ1n) is 8.55. The predicted octanol–water partition coefficient (Wildman–Crippen LogP) is 2.68. The molecule has 0 bridgehead atoms. The molecule has 0 saturated carbocycles. The van der Waals surface area contributed by atoms with Gasteiger partial charge in [-0.05, 0) is 42.2 Å². The third-order valence-electron chi connectivity index (χ3n) is 4.37. The van der Waals surface area contributed by atoms with E-state index in [1.54, 1.807) is 0 Å². The minimum atomic E-state index is -0.678. The number of nitrogens with zero attached hydrogens (tertiary/aromatic N) is 2. The molecule has 3 aromatic rings. The molecule has 0 saturated heterocycles. The first kappa shape index (κ1) is 18.6. The van der Waals surface area contributed by atoms with Crippen LogP contribution in [0.5, 0.6) is 0 Å². The summed E-state index contributed by atoms with van der Waals surface area (Å²) >= 11 is 0. The van der Waals surface area contributed by atoms with Gasteiger partial charge < -0.3 is 9.15 Å². The number of esters is 1. The van der Waals surface area contributed by atoms with Crippen LogP contribution in [0.2, 0.25) is 0 Å². The van der Waals surface area contributed by atoms with E-state index in [1.807, 2.05) is 19.1 Å². The molecular formula is C20H20N2O5. The van der Waals surface area contributed by atoms with Crippen molar-refractivity contribution in [1.82, 2.24) is 9.78 Å². The Balaban J connectivity index is 1.95. The Bertz CT molecular complexity index is 1140. The van der Waals surface area contributed by atoms with Crippen molar-refractivity contribution >= 4 is 16.9 Å². The van der Waals surface area contributed by atoms with Crippen molar-refractivity contribution in [3.63, 3.8) is 0 Å². The zero-order valence-corrected chi connectivity index (χ0v) is 15.6. The summed E-state index contributed by atoms with van der Waals surface area (Å²) < 4.78 is 11.7. The summed E-state index contributed by atoms with van der Waals surface area (Å²) in [6.07, 6.45) is 0. The average Bonchev–Trinajstić information content (AvgIpc) is 2.60. The number of hydrogen-bond acceptors (Lipinski definition) is 6. The Morgan fingerprint density at radius 3 is 2.63 bits per heavy atom. The fraction of sp³-hybridized carbons (Fsp3) is 0.300. The molecule has 2 aromatic heterocycles. The first-order chi connectivity index (χ1) is 12.8. The molecule has 0 amide bonds. The number of hydrogen-bond donors (Lipinski definition) is 0. The van der Waals surface area contributed by atoms with Gasteiger partial charge in [0, 0.05) is 30.1 Å². The second kappa shape index (κ2) is 7.19. The monoisotopic (exact) mass is 368 g/mol. The maximum absolute atomic E-state index is 12.2. The number of ether oxygens (including phenoxy) is 1. The van der Waals surface area contributed by atoms with Crippen LogP contribution in [0.25, 0.3) is 11.0 Å². The van der Waals surface area contributed by atoms with Gasteiger partial charge in [0.1, 0.15) is 12.2 Å². The van der Waals surface area contributed by atoms with E-state index in [9.17, 15) is 14.4 Å². The number of fused-ring (bicyclic) bond motifs is 1. The van der Waals surface area contributed by atoms with Crippen LogP contribution in [0.4, 0.5) is 0 Å². The van der Waals surface area contributed by atoms with Gasteiger partial charge in [-0.2, -0.15) is 5.10 Å². The molecule has 0 aliphatic rings. The second-order valence-electron chi connectivity index (χ2n) is 6.71. The SMILES string of the molecule is Cc1cc2oc(=O)cc(COC(=O)c3ccc(=O)n(C)n3)c2cc1C(C)C. The zero-order chi connectivity index (χ0) is 19.7. The fourth-order valence-electron chi connectivity index (χ4n) is 2.96. The average molecular weight is 368 g/mol. The topological polar surface area (TPSA) is 91.4 Å². The maximum Gasteiger partial charge on any atom is 0.359 e. The highest BCUT2D eigenvalue weighted by atomic mass is 16.5. The highest BCUT2D eigenvalue weighted by Crippen LogP contribution is 2.27. The van der Waals surface area contributed by atoms with Crippen LogP contribution in [0.1, 0.15) is 46.9 Å². The van der Waals surface area contributed by atoms with E-state index in [0.29, 0.717) is 17.1 Å². The number of carbonyl (C=O) groups is 1. The summed E-state index contributed by atoms with van der Waals surface area (Å²) in [5, 5.41) is 4.59. The van der Waals surface area contributed by atoms with E-state index < -0.39 is 11.6 Å². The Kier molecular flexibility index (Phi) is 4.94. The van der Waals surface area contributed by atoms with Gasteiger partial charge >= 0.3 is 11.6 Å². The molecule has 7 nitrogen and oxygen atoms in total. The van der Waals surface area contributed by atoms with Crippen LogP contribution < -0.4 is 11.2 Å². The van der Waals surface area contributed by atoms with Gasteiger partial charge in [0.2, 0.25) is 0 Å². The van der Waals surface area contributed by atoms with Crippen molar-refractivity contribution in [2.75, 3.05) is 0 Å². The Morgan fingerprint density at radius 1 is 1.22 bits per heavy atom. The molecule has 0 aliphatic heterocycles.